The average molecular weight is 256 g/mol. The number of nitrogens with zero attached hydrogens (tertiary/aromatic N) is 1. The standard InChI is InChI=1S/C12H20N2O2S/c1-10-4-7-17-11(10)9-14(2)12(15)8-13-5-6-16-3/h4,7,13H,5-6,8-9H2,1-3H3. The fourth-order valence-electron chi connectivity index (χ4n) is 1.37. The van der Waals surface area contributed by atoms with E-state index in [0.29, 0.717) is 26.2 Å². The number of likely N-dealkylation sites (N-methyl/N-ethyl adjacent to an activating group) is 1. The van der Waals surface area contributed by atoms with Crippen LogP contribution in [0, 0.1) is 6.92 Å². The van der Waals surface area contributed by atoms with Gasteiger partial charge in [0.25, 0.3) is 0 Å². The van der Waals surface area contributed by atoms with Gasteiger partial charge in [0.1, 0.15) is 0 Å². The quantitative estimate of drug-likeness (QED) is 0.747. The number of carbonyl (C=O) groups is 1. The van der Waals surface area contributed by atoms with Crippen molar-refractivity contribution in [1.82, 2.24) is 10.2 Å². The predicted octanol–water partition coefficient (Wildman–Crippen LogP) is 1.25. The summed E-state index contributed by atoms with van der Waals surface area (Å²) in [5.74, 6) is 0.105. The SMILES string of the molecule is COCCNCC(=O)N(C)Cc1sccc1C. The van der Waals surface area contributed by atoms with E-state index in [2.05, 4.69) is 23.7 Å². The Labute approximate surface area is 107 Å². The van der Waals surface area contributed by atoms with Crippen LogP contribution in [0.25, 0.3) is 0 Å². The molecule has 1 amide bonds. The second kappa shape index (κ2) is 7.42. The number of ether oxygens (including phenoxy) is 1. The van der Waals surface area contributed by atoms with Crippen molar-refractivity contribution in [2.45, 2.75) is 13.5 Å². The van der Waals surface area contributed by atoms with Gasteiger partial charge in [-0.05, 0) is 23.9 Å². The Morgan fingerprint density at radius 3 is 2.94 bits per heavy atom. The van der Waals surface area contributed by atoms with E-state index in [0.717, 1.165) is 0 Å². The molecule has 0 aliphatic carbocycles. The smallest absolute Gasteiger partial charge is 0.236 e. The number of hydrogen-bond donors (Lipinski definition) is 1. The van der Waals surface area contributed by atoms with Gasteiger partial charge in [-0.2, -0.15) is 0 Å². The van der Waals surface area contributed by atoms with Gasteiger partial charge in [0.05, 0.1) is 19.7 Å². The molecule has 4 nitrogen and oxygen atoms in total. The first-order chi connectivity index (χ1) is 8.15. The molecule has 96 valence electrons. The monoisotopic (exact) mass is 256 g/mol. The molecule has 0 unspecified atom stereocenters. The molecule has 0 aliphatic rings. The number of carbonyl (C=O) groups excluding carboxylic acids is 1. The van der Waals surface area contributed by atoms with Crippen LogP contribution in [0.5, 0.6) is 0 Å². The molecule has 0 aromatic carbocycles. The molecule has 0 fully saturated rings. The van der Waals surface area contributed by atoms with Gasteiger partial charge >= 0.3 is 0 Å². The molecule has 0 atom stereocenters. The summed E-state index contributed by atoms with van der Waals surface area (Å²) >= 11 is 1.69. The molecule has 0 bridgehead atoms. The maximum Gasteiger partial charge on any atom is 0.236 e. The Bertz CT molecular complexity index is 352. The summed E-state index contributed by atoms with van der Waals surface area (Å²) in [5, 5.41) is 5.10. The number of amides is 1. The summed E-state index contributed by atoms with van der Waals surface area (Å²) < 4.78 is 4.90. The Balaban J connectivity index is 2.30. The van der Waals surface area contributed by atoms with E-state index in [1.54, 1.807) is 23.3 Å². The number of aryl methyl sites for hydroxylation is 1. The third-order valence-corrected chi connectivity index (χ3v) is 3.54. The zero-order chi connectivity index (χ0) is 12.7. The third-order valence-electron chi connectivity index (χ3n) is 2.53. The first-order valence-corrected chi connectivity index (χ1v) is 6.49. The molecule has 0 spiro atoms. The lowest BCUT2D eigenvalue weighted by atomic mass is 10.3. The highest BCUT2D eigenvalue weighted by Gasteiger charge is 2.10. The molecule has 17 heavy (non-hydrogen) atoms. The third kappa shape index (κ3) is 4.85. The number of rotatable bonds is 7. The van der Waals surface area contributed by atoms with Crippen LogP contribution in [0.1, 0.15) is 10.4 Å². The van der Waals surface area contributed by atoms with Gasteiger partial charge in [-0.3, -0.25) is 4.79 Å². The highest BCUT2D eigenvalue weighted by atomic mass is 32.1. The molecule has 5 heteroatoms. The van der Waals surface area contributed by atoms with Crippen molar-refractivity contribution in [2.75, 3.05) is 33.9 Å². The predicted molar refractivity (Wildman–Crippen MR) is 70.3 cm³/mol. The summed E-state index contributed by atoms with van der Waals surface area (Å²) in [6.45, 7) is 4.45. The van der Waals surface area contributed by atoms with Crippen LogP contribution in [0.3, 0.4) is 0 Å². The minimum Gasteiger partial charge on any atom is -0.383 e. The first kappa shape index (κ1) is 14.2. The number of methoxy groups -OCH3 is 1. The molecule has 1 aromatic rings. The van der Waals surface area contributed by atoms with Crippen LogP contribution in [0.4, 0.5) is 0 Å². The van der Waals surface area contributed by atoms with Crippen LogP contribution >= 0.6 is 11.3 Å². The van der Waals surface area contributed by atoms with Crippen LogP contribution in [-0.2, 0) is 16.1 Å². The van der Waals surface area contributed by atoms with Crippen molar-refractivity contribution in [2.24, 2.45) is 0 Å². The van der Waals surface area contributed by atoms with Gasteiger partial charge in [-0.25, -0.2) is 0 Å². The van der Waals surface area contributed by atoms with Gasteiger partial charge in [0.2, 0.25) is 5.91 Å². The fourth-order valence-corrected chi connectivity index (χ4v) is 2.33. The molecule has 0 saturated carbocycles. The maximum atomic E-state index is 11.8. The van der Waals surface area contributed by atoms with E-state index >= 15 is 0 Å². The van der Waals surface area contributed by atoms with E-state index in [1.165, 1.54) is 10.4 Å². The van der Waals surface area contributed by atoms with E-state index in [1.807, 2.05) is 7.05 Å². The lowest BCUT2D eigenvalue weighted by Gasteiger charge is -2.17. The summed E-state index contributed by atoms with van der Waals surface area (Å²) in [7, 11) is 3.48. The minimum atomic E-state index is 0.105. The number of thiophene rings is 1. The second-order valence-electron chi connectivity index (χ2n) is 3.95. The summed E-state index contributed by atoms with van der Waals surface area (Å²) in [6.07, 6.45) is 0. The summed E-state index contributed by atoms with van der Waals surface area (Å²) in [4.78, 5) is 14.8. The molecule has 1 rings (SSSR count). The molecule has 0 saturated heterocycles. The van der Waals surface area contributed by atoms with Crippen molar-refractivity contribution in [3.05, 3.63) is 21.9 Å². The van der Waals surface area contributed by atoms with Crippen molar-refractivity contribution < 1.29 is 9.53 Å². The largest absolute Gasteiger partial charge is 0.383 e. The molecular formula is C12H20N2O2S. The van der Waals surface area contributed by atoms with Crippen LogP contribution in [0.2, 0.25) is 0 Å². The normalized spacial score (nSPS) is 10.5. The molecule has 0 aliphatic heterocycles. The topological polar surface area (TPSA) is 41.6 Å². The van der Waals surface area contributed by atoms with Crippen molar-refractivity contribution in [1.29, 1.82) is 0 Å². The zero-order valence-corrected chi connectivity index (χ0v) is 11.5. The van der Waals surface area contributed by atoms with Crippen LogP contribution < -0.4 is 5.32 Å². The van der Waals surface area contributed by atoms with E-state index in [9.17, 15) is 4.79 Å². The highest BCUT2D eigenvalue weighted by Crippen LogP contribution is 2.16. The van der Waals surface area contributed by atoms with Crippen molar-refractivity contribution >= 4 is 17.2 Å². The van der Waals surface area contributed by atoms with Gasteiger partial charge in [-0.1, -0.05) is 0 Å². The lowest BCUT2D eigenvalue weighted by molar-refractivity contribution is -0.129. The van der Waals surface area contributed by atoms with Crippen LogP contribution in [-0.4, -0.2) is 44.7 Å². The summed E-state index contributed by atoms with van der Waals surface area (Å²) in [5.41, 5.74) is 1.25. The van der Waals surface area contributed by atoms with Crippen molar-refractivity contribution in [3.63, 3.8) is 0 Å². The Hall–Kier alpha value is -0.910. The zero-order valence-electron chi connectivity index (χ0n) is 10.7. The molecule has 1 heterocycles. The number of hydrogen-bond acceptors (Lipinski definition) is 4. The fraction of sp³-hybridized carbons (Fsp3) is 0.583. The number of nitrogens with one attached hydrogen (secondary N) is 1. The lowest BCUT2D eigenvalue weighted by Crippen LogP contribution is -2.36. The van der Waals surface area contributed by atoms with Gasteiger partial charge in [0, 0.05) is 25.6 Å². The second-order valence-corrected chi connectivity index (χ2v) is 4.95. The maximum absolute atomic E-state index is 11.8. The Morgan fingerprint density at radius 1 is 1.59 bits per heavy atom. The van der Waals surface area contributed by atoms with Gasteiger partial charge < -0.3 is 15.0 Å². The molecule has 0 radical (unpaired) electrons. The van der Waals surface area contributed by atoms with E-state index in [4.69, 9.17) is 4.74 Å². The average Bonchev–Trinajstić information content (AvgIpc) is 2.70. The molecular weight excluding hydrogens is 236 g/mol. The summed E-state index contributed by atoms with van der Waals surface area (Å²) in [6, 6.07) is 2.08. The Morgan fingerprint density at radius 2 is 2.35 bits per heavy atom. The molecule has 1 N–H and O–H groups in total. The highest BCUT2D eigenvalue weighted by molar-refractivity contribution is 7.10. The van der Waals surface area contributed by atoms with Gasteiger partial charge in [-0.15, -0.1) is 11.3 Å². The van der Waals surface area contributed by atoms with Crippen LogP contribution in [0.15, 0.2) is 11.4 Å². The van der Waals surface area contributed by atoms with Crippen molar-refractivity contribution in [3.8, 4) is 0 Å². The van der Waals surface area contributed by atoms with E-state index in [-0.39, 0.29) is 5.91 Å². The first-order valence-electron chi connectivity index (χ1n) is 5.61. The minimum absolute atomic E-state index is 0.105. The Kier molecular flexibility index (Phi) is 6.18. The molecule has 1 aromatic heterocycles. The van der Waals surface area contributed by atoms with E-state index < -0.39 is 0 Å². The van der Waals surface area contributed by atoms with Gasteiger partial charge in [0.15, 0.2) is 0 Å².